The van der Waals surface area contributed by atoms with Crippen molar-refractivity contribution in [1.82, 2.24) is 25.5 Å². The van der Waals surface area contributed by atoms with Crippen molar-refractivity contribution in [2.45, 2.75) is 33.2 Å². The summed E-state index contributed by atoms with van der Waals surface area (Å²) in [6.45, 7) is 9.22. The van der Waals surface area contributed by atoms with Crippen molar-refractivity contribution < 1.29 is 23.9 Å². The zero-order valence-corrected chi connectivity index (χ0v) is 20.6. The molecule has 0 aliphatic carbocycles. The highest BCUT2D eigenvalue weighted by Gasteiger charge is 2.26. The van der Waals surface area contributed by atoms with Gasteiger partial charge in [-0.25, -0.2) is 14.8 Å². The molecule has 184 valence electrons. The average Bonchev–Trinajstić information content (AvgIpc) is 3.34. The number of esters is 1. The highest BCUT2D eigenvalue weighted by molar-refractivity contribution is 7.12. The van der Waals surface area contributed by atoms with Gasteiger partial charge in [0.2, 0.25) is 0 Å². The van der Waals surface area contributed by atoms with Crippen LogP contribution in [0.4, 0.5) is 0 Å². The van der Waals surface area contributed by atoms with Crippen LogP contribution in [0.15, 0.2) is 17.5 Å². The van der Waals surface area contributed by atoms with Gasteiger partial charge in [-0.1, -0.05) is 6.07 Å². The maximum atomic E-state index is 13.0. The van der Waals surface area contributed by atoms with Gasteiger partial charge in [-0.05, 0) is 38.6 Å². The van der Waals surface area contributed by atoms with Gasteiger partial charge < -0.3 is 20.1 Å². The number of nitrogens with one attached hydrogen (secondary N) is 2. The van der Waals surface area contributed by atoms with Gasteiger partial charge in [-0.3, -0.25) is 14.5 Å². The molecule has 34 heavy (non-hydrogen) atoms. The van der Waals surface area contributed by atoms with E-state index in [-0.39, 0.29) is 19.1 Å². The Morgan fingerprint density at radius 1 is 1.15 bits per heavy atom. The molecule has 1 saturated heterocycles. The molecule has 0 radical (unpaired) electrons. The lowest BCUT2D eigenvalue weighted by Gasteiger charge is -2.26. The summed E-state index contributed by atoms with van der Waals surface area (Å²) in [4.78, 5) is 49.5. The van der Waals surface area contributed by atoms with E-state index in [0.717, 1.165) is 19.6 Å². The highest BCUT2D eigenvalue weighted by atomic mass is 32.1. The number of carbonyl (C=O) groups is 3. The highest BCUT2D eigenvalue weighted by Crippen LogP contribution is 2.11. The van der Waals surface area contributed by atoms with E-state index in [1.807, 2.05) is 0 Å². The summed E-state index contributed by atoms with van der Waals surface area (Å²) >= 11 is 1.29. The fraction of sp³-hybridized carbons (Fsp3) is 0.522. The first kappa shape index (κ1) is 25.7. The number of aromatic nitrogens is 2. The Kier molecular flexibility index (Phi) is 9.49. The Hall–Kier alpha value is -2.89. The fourth-order valence-corrected chi connectivity index (χ4v) is 4.35. The molecule has 3 rings (SSSR count). The summed E-state index contributed by atoms with van der Waals surface area (Å²) in [6.07, 6.45) is 0.665. The van der Waals surface area contributed by atoms with Gasteiger partial charge >= 0.3 is 5.97 Å². The van der Waals surface area contributed by atoms with E-state index in [1.54, 1.807) is 38.3 Å². The zero-order valence-electron chi connectivity index (χ0n) is 19.8. The Morgan fingerprint density at radius 2 is 1.85 bits per heavy atom. The smallest absolute Gasteiger partial charge is 0.330 e. The molecule has 2 aromatic rings. The second kappa shape index (κ2) is 12.5. The van der Waals surface area contributed by atoms with E-state index in [2.05, 4.69) is 25.5 Å². The van der Waals surface area contributed by atoms with E-state index in [0.29, 0.717) is 47.3 Å². The number of rotatable bonds is 10. The SMILES string of the molecule is Cc1nc(C)c(C(=O)N[C@@H](CNC(=O)c2cccs2)C(=O)OCCCN2CCOCC2)c(C)n1. The minimum absolute atomic E-state index is 0.102. The number of morpholine rings is 1. The molecule has 1 aliphatic heterocycles. The van der Waals surface area contributed by atoms with Gasteiger partial charge in [-0.2, -0.15) is 0 Å². The molecule has 1 atom stereocenters. The number of ether oxygens (including phenoxy) is 2. The number of nitrogens with zero attached hydrogens (tertiary/aromatic N) is 3. The third kappa shape index (κ3) is 7.31. The second-order valence-electron chi connectivity index (χ2n) is 8.01. The lowest BCUT2D eigenvalue weighted by atomic mass is 10.1. The van der Waals surface area contributed by atoms with Crippen LogP contribution in [0.3, 0.4) is 0 Å². The molecule has 1 fully saturated rings. The van der Waals surface area contributed by atoms with Crippen molar-refractivity contribution in [2.24, 2.45) is 0 Å². The molecular formula is C23H31N5O5S. The molecule has 1 aliphatic rings. The number of hydrogen-bond acceptors (Lipinski definition) is 9. The van der Waals surface area contributed by atoms with Crippen molar-refractivity contribution >= 4 is 29.1 Å². The Labute approximate surface area is 203 Å². The number of amides is 2. The predicted molar refractivity (Wildman–Crippen MR) is 127 cm³/mol. The summed E-state index contributed by atoms with van der Waals surface area (Å²) in [5.41, 5.74) is 1.34. The third-order valence-electron chi connectivity index (χ3n) is 5.38. The first-order valence-electron chi connectivity index (χ1n) is 11.3. The van der Waals surface area contributed by atoms with E-state index in [4.69, 9.17) is 9.47 Å². The van der Waals surface area contributed by atoms with Crippen molar-refractivity contribution in [2.75, 3.05) is 46.0 Å². The van der Waals surface area contributed by atoms with Crippen molar-refractivity contribution in [3.05, 3.63) is 45.2 Å². The Morgan fingerprint density at radius 3 is 2.50 bits per heavy atom. The molecule has 2 aromatic heterocycles. The largest absolute Gasteiger partial charge is 0.464 e. The van der Waals surface area contributed by atoms with Gasteiger partial charge in [0, 0.05) is 26.2 Å². The molecule has 10 nitrogen and oxygen atoms in total. The molecule has 2 N–H and O–H groups in total. The van der Waals surface area contributed by atoms with Crippen LogP contribution in [0.2, 0.25) is 0 Å². The van der Waals surface area contributed by atoms with Crippen molar-refractivity contribution in [1.29, 1.82) is 0 Å². The molecule has 3 heterocycles. The summed E-state index contributed by atoms with van der Waals surface area (Å²) in [5, 5.41) is 7.19. The summed E-state index contributed by atoms with van der Waals surface area (Å²) < 4.78 is 10.8. The van der Waals surface area contributed by atoms with Crippen LogP contribution in [-0.4, -0.2) is 84.7 Å². The molecule has 0 saturated carbocycles. The van der Waals surface area contributed by atoms with Gasteiger partial charge in [-0.15, -0.1) is 11.3 Å². The van der Waals surface area contributed by atoms with Crippen LogP contribution < -0.4 is 10.6 Å². The summed E-state index contributed by atoms with van der Waals surface area (Å²) in [5.74, 6) is -0.854. The van der Waals surface area contributed by atoms with Gasteiger partial charge in [0.05, 0.1) is 41.6 Å². The van der Waals surface area contributed by atoms with E-state index in [9.17, 15) is 14.4 Å². The number of thiophene rings is 1. The standard InChI is InChI=1S/C23H31N5O5S/c1-15-20(16(2)26-17(3)25-15)22(30)27-18(14-24-21(29)19-6-4-13-34-19)23(31)33-10-5-7-28-8-11-32-12-9-28/h4,6,13,18H,5,7-12,14H2,1-3H3,(H,24,29)(H,27,30)/t18-/m0/s1. The van der Waals surface area contributed by atoms with E-state index in [1.165, 1.54) is 11.3 Å². The average molecular weight is 490 g/mol. The maximum absolute atomic E-state index is 13.0. The quantitative estimate of drug-likeness (QED) is 0.378. The van der Waals surface area contributed by atoms with Crippen LogP contribution >= 0.6 is 11.3 Å². The molecule has 0 bridgehead atoms. The van der Waals surface area contributed by atoms with Crippen LogP contribution in [0.1, 0.15) is 43.7 Å². The maximum Gasteiger partial charge on any atom is 0.330 e. The number of aryl methyl sites for hydroxylation is 3. The van der Waals surface area contributed by atoms with E-state index >= 15 is 0 Å². The molecular weight excluding hydrogens is 458 g/mol. The topological polar surface area (TPSA) is 123 Å². The third-order valence-corrected chi connectivity index (χ3v) is 6.25. The molecule has 11 heteroatoms. The number of carbonyl (C=O) groups excluding carboxylic acids is 3. The summed E-state index contributed by atoms with van der Waals surface area (Å²) in [6, 6.07) is 2.40. The predicted octanol–water partition coefficient (Wildman–Crippen LogP) is 1.26. The lowest BCUT2D eigenvalue weighted by Crippen LogP contribution is -2.49. The minimum Gasteiger partial charge on any atom is -0.464 e. The zero-order chi connectivity index (χ0) is 24.5. The monoisotopic (exact) mass is 489 g/mol. The van der Waals surface area contributed by atoms with E-state index < -0.39 is 17.9 Å². The Balaban J connectivity index is 1.61. The van der Waals surface area contributed by atoms with Gasteiger partial charge in [0.15, 0.2) is 0 Å². The summed E-state index contributed by atoms with van der Waals surface area (Å²) in [7, 11) is 0. The van der Waals surface area contributed by atoms with Crippen LogP contribution in [-0.2, 0) is 14.3 Å². The first-order valence-corrected chi connectivity index (χ1v) is 12.1. The first-order chi connectivity index (χ1) is 16.3. The minimum atomic E-state index is -1.06. The second-order valence-corrected chi connectivity index (χ2v) is 8.95. The van der Waals surface area contributed by atoms with Crippen LogP contribution in [0.5, 0.6) is 0 Å². The van der Waals surface area contributed by atoms with Crippen LogP contribution in [0, 0.1) is 20.8 Å². The number of hydrogen-bond donors (Lipinski definition) is 2. The molecule has 0 spiro atoms. The molecule has 2 amide bonds. The Bertz CT molecular complexity index is 969. The molecule has 0 unspecified atom stereocenters. The van der Waals surface area contributed by atoms with Crippen LogP contribution in [0.25, 0.3) is 0 Å². The fourth-order valence-electron chi connectivity index (χ4n) is 3.71. The molecule has 0 aromatic carbocycles. The normalized spacial score (nSPS) is 14.9. The van der Waals surface area contributed by atoms with Gasteiger partial charge in [0.1, 0.15) is 11.9 Å². The van der Waals surface area contributed by atoms with Crippen molar-refractivity contribution in [3.8, 4) is 0 Å². The van der Waals surface area contributed by atoms with Crippen molar-refractivity contribution in [3.63, 3.8) is 0 Å². The van der Waals surface area contributed by atoms with Gasteiger partial charge in [0.25, 0.3) is 11.8 Å². The lowest BCUT2D eigenvalue weighted by molar-refractivity contribution is -0.146.